The van der Waals surface area contributed by atoms with Crippen LogP contribution >= 0.6 is 43.2 Å². The summed E-state index contributed by atoms with van der Waals surface area (Å²) in [6.45, 7) is 0. The summed E-state index contributed by atoms with van der Waals surface area (Å²) in [5.41, 5.74) is 0. The Kier molecular flexibility index (Phi) is 2.95. The Balaban J connectivity index is 2.85. The summed E-state index contributed by atoms with van der Waals surface area (Å²) in [6, 6.07) is 4.10. The first-order valence-electron chi connectivity index (χ1n) is 2.35. The minimum absolute atomic E-state index is 1.17. The molecular formula is C6H4Br2S. The summed E-state index contributed by atoms with van der Waals surface area (Å²) in [4.78, 5) is 3.10. The van der Waals surface area contributed by atoms with Gasteiger partial charge in [0, 0.05) is 4.88 Å². The maximum absolute atomic E-state index is 3.37. The fourth-order valence-corrected chi connectivity index (χ4v) is 2.27. The van der Waals surface area contributed by atoms with E-state index in [2.05, 4.69) is 37.9 Å². The van der Waals surface area contributed by atoms with Gasteiger partial charge in [0.2, 0.25) is 0 Å². The highest BCUT2D eigenvalue weighted by Gasteiger charge is 1.89. The zero-order valence-corrected chi connectivity index (χ0v) is 8.46. The van der Waals surface area contributed by atoms with Gasteiger partial charge in [-0.15, -0.1) is 11.3 Å². The third-order valence-electron chi connectivity index (χ3n) is 0.821. The molecular weight excluding hydrogens is 264 g/mol. The molecule has 0 bridgehead atoms. The monoisotopic (exact) mass is 266 g/mol. The van der Waals surface area contributed by atoms with Crippen LogP contribution in [0.15, 0.2) is 20.9 Å². The van der Waals surface area contributed by atoms with E-state index in [4.69, 9.17) is 0 Å². The minimum atomic E-state index is 1.17. The second-order valence-corrected chi connectivity index (χ2v) is 4.46. The molecule has 0 N–H and O–H groups in total. The molecule has 0 aliphatic heterocycles. The molecule has 3 heteroatoms. The fourth-order valence-electron chi connectivity index (χ4n) is 0.480. The third kappa shape index (κ3) is 2.24. The van der Waals surface area contributed by atoms with Crippen LogP contribution in [0.1, 0.15) is 4.88 Å². The lowest BCUT2D eigenvalue weighted by Gasteiger charge is -1.75. The van der Waals surface area contributed by atoms with Crippen molar-refractivity contribution >= 4 is 49.3 Å². The third-order valence-corrected chi connectivity index (χ3v) is 2.67. The molecule has 0 fully saturated rings. The van der Waals surface area contributed by atoms with E-state index in [1.165, 1.54) is 8.66 Å². The summed E-state index contributed by atoms with van der Waals surface area (Å²) in [6.07, 6.45) is 2.01. The van der Waals surface area contributed by atoms with Gasteiger partial charge in [0.05, 0.1) is 3.79 Å². The maximum atomic E-state index is 3.37. The summed E-state index contributed by atoms with van der Waals surface area (Å²) in [5.74, 6) is 0. The first-order valence-corrected chi connectivity index (χ1v) is 4.87. The largest absolute Gasteiger partial charge is 0.129 e. The lowest BCUT2D eigenvalue weighted by atomic mass is 10.5. The second-order valence-electron chi connectivity index (χ2n) is 1.43. The van der Waals surface area contributed by atoms with Crippen LogP contribution in [0, 0.1) is 0 Å². The molecule has 0 amide bonds. The number of rotatable bonds is 1. The van der Waals surface area contributed by atoms with E-state index in [-0.39, 0.29) is 0 Å². The van der Waals surface area contributed by atoms with Gasteiger partial charge in [-0.1, -0.05) is 15.9 Å². The molecule has 0 radical (unpaired) electrons. The average Bonchev–Trinajstić information content (AvgIpc) is 2.17. The van der Waals surface area contributed by atoms with Crippen LogP contribution in [0.4, 0.5) is 0 Å². The second kappa shape index (κ2) is 3.54. The van der Waals surface area contributed by atoms with Crippen molar-refractivity contribution in [2.24, 2.45) is 0 Å². The topological polar surface area (TPSA) is 0 Å². The van der Waals surface area contributed by atoms with E-state index in [0.29, 0.717) is 0 Å². The molecule has 1 rings (SSSR count). The van der Waals surface area contributed by atoms with Gasteiger partial charge in [-0.2, -0.15) is 0 Å². The van der Waals surface area contributed by atoms with Crippen LogP contribution in [0.5, 0.6) is 0 Å². The average molecular weight is 268 g/mol. The van der Waals surface area contributed by atoms with Crippen LogP contribution in [0.2, 0.25) is 0 Å². The van der Waals surface area contributed by atoms with Crippen LogP contribution in [-0.4, -0.2) is 0 Å². The Labute approximate surface area is 74.8 Å². The van der Waals surface area contributed by atoms with Crippen LogP contribution in [0.25, 0.3) is 6.08 Å². The van der Waals surface area contributed by atoms with Gasteiger partial charge in [-0.05, 0) is 39.1 Å². The number of hydrogen-bond donors (Lipinski definition) is 0. The number of halogens is 2. The standard InChI is InChI=1S/C6H4Br2S/c7-4-3-5-1-2-6(8)9-5/h1-4H/b4-3-. The van der Waals surface area contributed by atoms with Crippen molar-refractivity contribution in [3.8, 4) is 0 Å². The molecule has 0 atom stereocenters. The van der Waals surface area contributed by atoms with E-state index >= 15 is 0 Å². The Morgan fingerprint density at radius 2 is 2.22 bits per heavy atom. The summed E-state index contributed by atoms with van der Waals surface area (Å²) in [7, 11) is 0. The predicted octanol–water partition coefficient (Wildman–Crippen LogP) is 3.88. The molecule has 0 aliphatic carbocycles. The van der Waals surface area contributed by atoms with Crippen molar-refractivity contribution in [3.63, 3.8) is 0 Å². The Morgan fingerprint density at radius 1 is 1.44 bits per heavy atom. The van der Waals surface area contributed by atoms with Crippen molar-refractivity contribution in [1.82, 2.24) is 0 Å². The Bertz CT molecular complexity index is 215. The van der Waals surface area contributed by atoms with Gasteiger partial charge in [-0.25, -0.2) is 0 Å². The van der Waals surface area contributed by atoms with E-state index in [1.807, 2.05) is 17.1 Å². The smallest absolute Gasteiger partial charge is 0.0704 e. The molecule has 1 heterocycles. The fraction of sp³-hybridized carbons (Fsp3) is 0. The van der Waals surface area contributed by atoms with Crippen molar-refractivity contribution in [2.45, 2.75) is 0 Å². The molecule has 0 aromatic carbocycles. The molecule has 0 spiro atoms. The molecule has 0 unspecified atom stereocenters. The zero-order chi connectivity index (χ0) is 6.69. The van der Waals surface area contributed by atoms with Crippen molar-refractivity contribution in [3.05, 3.63) is 25.8 Å². The molecule has 0 saturated heterocycles. The molecule has 1 aromatic rings. The van der Waals surface area contributed by atoms with Crippen LogP contribution in [-0.2, 0) is 0 Å². The molecule has 9 heavy (non-hydrogen) atoms. The highest BCUT2D eigenvalue weighted by Crippen LogP contribution is 2.23. The highest BCUT2D eigenvalue weighted by atomic mass is 79.9. The molecule has 0 aliphatic rings. The van der Waals surface area contributed by atoms with Gasteiger partial charge in [0.15, 0.2) is 0 Å². The van der Waals surface area contributed by atoms with E-state index in [9.17, 15) is 0 Å². The van der Waals surface area contributed by atoms with E-state index in [0.717, 1.165) is 0 Å². The summed E-state index contributed by atoms with van der Waals surface area (Å²) >= 11 is 8.29. The maximum Gasteiger partial charge on any atom is 0.0704 e. The Morgan fingerprint density at radius 3 is 2.67 bits per heavy atom. The van der Waals surface area contributed by atoms with E-state index < -0.39 is 0 Å². The molecule has 48 valence electrons. The molecule has 0 nitrogen and oxygen atoms in total. The van der Waals surface area contributed by atoms with Crippen molar-refractivity contribution < 1.29 is 0 Å². The first-order chi connectivity index (χ1) is 4.33. The highest BCUT2D eigenvalue weighted by molar-refractivity contribution is 9.11. The lowest BCUT2D eigenvalue weighted by Crippen LogP contribution is -1.48. The van der Waals surface area contributed by atoms with Gasteiger partial charge < -0.3 is 0 Å². The number of hydrogen-bond acceptors (Lipinski definition) is 1. The van der Waals surface area contributed by atoms with Gasteiger partial charge >= 0.3 is 0 Å². The molecule has 1 aromatic heterocycles. The van der Waals surface area contributed by atoms with Crippen molar-refractivity contribution in [1.29, 1.82) is 0 Å². The SMILES string of the molecule is Br/C=C\c1ccc(Br)s1. The van der Waals surface area contributed by atoms with Gasteiger partial charge in [0.1, 0.15) is 0 Å². The Hall–Kier alpha value is 0.400. The van der Waals surface area contributed by atoms with Crippen molar-refractivity contribution in [2.75, 3.05) is 0 Å². The first kappa shape index (κ1) is 7.51. The van der Waals surface area contributed by atoms with E-state index in [1.54, 1.807) is 11.3 Å². The van der Waals surface area contributed by atoms with Gasteiger partial charge in [-0.3, -0.25) is 0 Å². The minimum Gasteiger partial charge on any atom is -0.129 e. The molecule has 0 saturated carbocycles. The van der Waals surface area contributed by atoms with Gasteiger partial charge in [0.25, 0.3) is 0 Å². The predicted molar refractivity (Wildman–Crippen MR) is 50.0 cm³/mol. The summed E-state index contributed by atoms with van der Waals surface area (Å²) < 4.78 is 1.17. The normalized spacial score (nSPS) is 10.9. The number of thiophene rings is 1. The summed E-state index contributed by atoms with van der Waals surface area (Å²) in [5, 5.41) is 0. The van der Waals surface area contributed by atoms with Crippen LogP contribution in [0.3, 0.4) is 0 Å². The zero-order valence-electron chi connectivity index (χ0n) is 4.47. The quantitative estimate of drug-likeness (QED) is 0.725. The van der Waals surface area contributed by atoms with Crippen LogP contribution < -0.4 is 0 Å². The lowest BCUT2D eigenvalue weighted by molar-refractivity contribution is 1.93.